The lowest BCUT2D eigenvalue weighted by molar-refractivity contribution is -0.117. The molecular weight excluding hydrogens is 294 g/mol. The minimum Gasteiger partial charge on any atom is -0.385 e. The first-order chi connectivity index (χ1) is 9.81. The summed E-state index contributed by atoms with van der Waals surface area (Å²) in [5.74, 6) is -0.385. The lowest BCUT2D eigenvalue weighted by atomic mass is 10.2. The van der Waals surface area contributed by atoms with Gasteiger partial charge in [0.15, 0.2) is 0 Å². The number of sulfonamides is 1. The molecule has 7 nitrogen and oxygen atoms in total. The van der Waals surface area contributed by atoms with E-state index in [-0.39, 0.29) is 10.8 Å². The number of rotatable bonds is 7. The highest BCUT2D eigenvalue weighted by Crippen LogP contribution is 2.20. The van der Waals surface area contributed by atoms with Crippen LogP contribution in [0.4, 0.5) is 5.69 Å². The van der Waals surface area contributed by atoms with E-state index in [9.17, 15) is 13.2 Å². The molecule has 0 radical (unpaired) electrons. The maximum atomic E-state index is 11.9. The number of hydrogen-bond donors (Lipinski definition) is 3. The van der Waals surface area contributed by atoms with Crippen molar-refractivity contribution in [3.63, 3.8) is 0 Å². The van der Waals surface area contributed by atoms with Gasteiger partial charge < -0.3 is 15.8 Å². The van der Waals surface area contributed by atoms with Gasteiger partial charge in [0, 0.05) is 19.4 Å². The van der Waals surface area contributed by atoms with Gasteiger partial charge >= 0.3 is 0 Å². The van der Waals surface area contributed by atoms with Gasteiger partial charge in [0.1, 0.15) is 0 Å². The molecule has 1 atom stereocenters. The van der Waals surface area contributed by atoms with E-state index >= 15 is 0 Å². The molecule has 0 aliphatic carbocycles. The van der Waals surface area contributed by atoms with Crippen molar-refractivity contribution in [2.45, 2.75) is 24.3 Å². The van der Waals surface area contributed by atoms with Gasteiger partial charge in [0.25, 0.3) is 0 Å². The molecule has 0 saturated heterocycles. The average molecular weight is 315 g/mol. The molecule has 0 fully saturated rings. The number of methoxy groups -OCH3 is 1. The van der Waals surface area contributed by atoms with E-state index in [2.05, 4.69) is 10.0 Å². The van der Waals surface area contributed by atoms with Crippen molar-refractivity contribution >= 4 is 21.6 Å². The Morgan fingerprint density at radius 3 is 2.67 bits per heavy atom. The summed E-state index contributed by atoms with van der Waals surface area (Å²) in [6.07, 6.45) is 0.385. The lowest BCUT2D eigenvalue weighted by Crippen LogP contribution is -2.36. The minimum absolute atomic E-state index is 0.119. The fourth-order valence-corrected chi connectivity index (χ4v) is 2.68. The highest BCUT2D eigenvalue weighted by Gasteiger charge is 2.17. The Kier molecular flexibility index (Phi) is 6.28. The number of carbonyl (C=O) groups excluding carboxylic acids is 1. The summed E-state index contributed by atoms with van der Waals surface area (Å²) in [5, 5.41) is 2.60. The highest BCUT2D eigenvalue weighted by atomic mass is 32.2. The van der Waals surface area contributed by atoms with E-state index in [0.29, 0.717) is 24.3 Å². The lowest BCUT2D eigenvalue weighted by Gasteiger charge is -2.13. The molecule has 1 aromatic rings. The van der Waals surface area contributed by atoms with Crippen molar-refractivity contribution < 1.29 is 17.9 Å². The van der Waals surface area contributed by atoms with Crippen LogP contribution in [0.15, 0.2) is 23.1 Å². The number of aryl methyl sites for hydroxylation is 1. The fourth-order valence-electron chi connectivity index (χ4n) is 1.69. The monoisotopic (exact) mass is 315 g/mol. The third-order valence-electron chi connectivity index (χ3n) is 2.98. The zero-order valence-electron chi connectivity index (χ0n) is 12.3. The van der Waals surface area contributed by atoms with Gasteiger partial charge in [0.05, 0.1) is 10.9 Å². The molecule has 21 heavy (non-hydrogen) atoms. The van der Waals surface area contributed by atoms with Gasteiger partial charge in [-0.05, 0) is 38.1 Å². The van der Waals surface area contributed by atoms with Crippen LogP contribution >= 0.6 is 0 Å². The van der Waals surface area contributed by atoms with Crippen molar-refractivity contribution in [2.75, 3.05) is 26.1 Å². The number of carbonyl (C=O) groups is 1. The molecule has 0 heterocycles. The third kappa shape index (κ3) is 4.78. The van der Waals surface area contributed by atoms with Crippen molar-refractivity contribution in [3.8, 4) is 0 Å². The molecule has 1 amide bonds. The highest BCUT2D eigenvalue weighted by molar-refractivity contribution is 7.89. The van der Waals surface area contributed by atoms with E-state index in [1.165, 1.54) is 20.2 Å². The second-order valence-corrected chi connectivity index (χ2v) is 6.42. The summed E-state index contributed by atoms with van der Waals surface area (Å²) in [5.41, 5.74) is 6.68. The van der Waals surface area contributed by atoms with E-state index in [0.717, 1.165) is 0 Å². The molecule has 0 aliphatic heterocycles. The summed E-state index contributed by atoms with van der Waals surface area (Å²) >= 11 is 0. The molecule has 0 aliphatic rings. The average Bonchev–Trinajstić information content (AvgIpc) is 2.46. The van der Waals surface area contributed by atoms with Crippen molar-refractivity contribution in [2.24, 2.45) is 5.73 Å². The summed E-state index contributed by atoms with van der Waals surface area (Å²) < 4.78 is 30.8. The molecule has 118 valence electrons. The summed E-state index contributed by atoms with van der Waals surface area (Å²) in [7, 11) is -0.713. The number of nitrogens with two attached hydrogens (primary N) is 1. The maximum absolute atomic E-state index is 11.9. The smallest absolute Gasteiger partial charge is 0.241 e. The second-order valence-electron chi connectivity index (χ2n) is 4.57. The van der Waals surface area contributed by atoms with Gasteiger partial charge in [-0.25, -0.2) is 13.1 Å². The van der Waals surface area contributed by atoms with E-state index in [4.69, 9.17) is 10.5 Å². The molecule has 8 heteroatoms. The summed E-state index contributed by atoms with van der Waals surface area (Å²) in [6.45, 7) is 2.06. The zero-order valence-corrected chi connectivity index (χ0v) is 13.2. The second kappa shape index (κ2) is 7.51. The normalized spacial score (nSPS) is 13.0. The zero-order chi connectivity index (χ0) is 16.0. The number of amides is 1. The topological polar surface area (TPSA) is 111 Å². The van der Waals surface area contributed by atoms with Gasteiger partial charge in [-0.2, -0.15) is 0 Å². The third-order valence-corrected chi connectivity index (χ3v) is 4.54. The molecule has 0 aromatic heterocycles. The molecule has 1 aromatic carbocycles. The molecule has 1 unspecified atom stereocenters. The molecule has 0 spiro atoms. The Hall–Kier alpha value is -1.48. The van der Waals surface area contributed by atoms with Crippen LogP contribution in [-0.2, 0) is 19.6 Å². The fraction of sp³-hybridized carbons (Fsp3) is 0.462. The van der Waals surface area contributed by atoms with Gasteiger partial charge in [-0.1, -0.05) is 6.07 Å². The van der Waals surface area contributed by atoms with Crippen molar-refractivity contribution in [1.29, 1.82) is 0 Å². The molecule has 4 N–H and O–H groups in total. The van der Waals surface area contributed by atoms with Crippen LogP contribution in [0.25, 0.3) is 0 Å². The first kappa shape index (κ1) is 17.6. The number of hydrogen-bond acceptors (Lipinski definition) is 5. The molecular formula is C13H21N3O4S. The first-order valence-corrected chi connectivity index (χ1v) is 7.89. The summed E-state index contributed by atoms with van der Waals surface area (Å²) in [6, 6.07) is 3.95. The quantitative estimate of drug-likeness (QED) is 0.666. The van der Waals surface area contributed by atoms with Crippen LogP contribution in [-0.4, -0.2) is 41.1 Å². The molecule has 0 bridgehead atoms. The predicted molar refractivity (Wildman–Crippen MR) is 80.5 cm³/mol. The Balaban J connectivity index is 2.91. The van der Waals surface area contributed by atoms with E-state index < -0.39 is 16.1 Å². The van der Waals surface area contributed by atoms with Crippen molar-refractivity contribution in [3.05, 3.63) is 23.8 Å². The van der Waals surface area contributed by atoms with Gasteiger partial charge in [0.2, 0.25) is 15.9 Å². The van der Waals surface area contributed by atoms with Gasteiger partial charge in [-0.3, -0.25) is 4.79 Å². The van der Waals surface area contributed by atoms with Crippen LogP contribution in [0.5, 0.6) is 0 Å². The maximum Gasteiger partial charge on any atom is 0.241 e. The van der Waals surface area contributed by atoms with Gasteiger partial charge in [-0.15, -0.1) is 0 Å². The first-order valence-electron chi connectivity index (χ1n) is 6.41. The molecule has 0 saturated carbocycles. The largest absolute Gasteiger partial charge is 0.385 e. The van der Waals surface area contributed by atoms with Crippen LogP contribution < -0.4 is 15.8 Å². The number of ether oxygens (including phenoxy) is 1. The number of anilines is 1. The molecule has 1 rings (SSSR count). The Bertz CT molecular complexity index is 601. The van der Waals surface area contributed by atoms with E-state index in [1.807, 2.05) is 0 Å². The Morgan fingerprint density at radius 1 is 1.43 bits per heavy atom. The number of benzene rings is 1. The Labute approximate surface area is 124 Å². The van der Waals surface area contributed by atoms with Crippen LogP contribution in [0.1, 0.15) is 12.0 Å². The number of nitrogens with one attached hydrogen (secondary N) is 2. The SMILES string of the molecule is CNS(=O)(=O)c1cc(NC(=O)C(N)CCOC)ccc1C. The summed E-state index contributed by atoms with van der Waals surface area (Å²) in [4.78, 5) is 12.0. The van der Waals surface area contributed by atoms with Crippen LogP contribution in [0.2, 0.25) is 0 Å². The van der Waals surface area contributed by atoms with Crippen LogP contribution in [0, 0.1) is 6.92 Å². The van der Waals surface area contributed by atoms with E-state index in [1.54, 1.807) is 19.1 Å². The Morgan fingerprint density at radius 2 is 2.10 bits per heavy atom. The predicted octanol–water partition coefficient (Wildman–Crippen LogP) is 0.205. The minimum atomic E-state index is -3.57. The standard InChI is InChI=1S/C13H21N3O4S/c1-9-4-5-10(8-12(9)21(18,19)15-2)16-13(17)11(14)6-7-20-3/h4-5,8,11,15H,6-7,14H2,1-3H3,(H,16,17). The van der Waals surface area contributed by atoms with Crippen LogP contribution in [0.3, 0.4) is 0 Å². The van der Waals surface area contributed by atoms with Crippen molar-refractivity contribution in [1.82, 2.24) is 4.72 Å².